The van der Waals surface area contributed by atoms with Gasteiger partial charge in [-0.05, 0) is 37.1 Å². The molecule has 25 heavy (non-hydrogen) atoms. The third-order valence-electron chi connectivity index (χ3n) is 4.78. The van der Waals surface area contributed by atoms with E-state index in [1.807, 2.05) is 24.7 Å². The highest BCUT2D eigenvalue weighted by atomic mass is 16.5. The number of pyridine rings is 1. The number of ether oxygens (including phenoxy) is 1. The van der Waals surface area contributed by atoms with Gasteiger partial charge in [-0.1, -0.05) is 18.2 Å². The molecule has 0 amide bonds. The summed E-state index contributed by atoms with van der Waals surface area (Å²) in [4.78, 5) is 11.4. The van der Waals surface area contributed by atoms with Gasteiger partial charge >= 0.3 is 0 Å². The molecule has 5 nitrogen and oxygen atoms in total. The van der Waals surface area contributed by atoms with Crippen LogP contribution in [0.1, 0.15) is 18.5 Å². The summed E-state index contributed by atoms with van der Waals surface area (Å²) in [7, 11) is 0. The topological polar surface area (TPSA) is 43.2 Å². The zero-order chi connectivity index (χ0) is 16.9. The lowest BCUT2D eigenvalue weighted by molar-refractivity contribution is 0.0690. The molecule has 1 aromatic carbocycles. The van der Waals surface area contributed by atoms with E-state index in [9.17, 15) is 0 Å². The van der Waals surface area contributed by atoms with Gasteiger partial charge in [0.15, 0.2) is 0 Å². The van der Waals surface area contributed by atoms with Crippen LogP contribution in [-0.2, 0) is 17.8 Å². The zero-order valence-electron chi connectivity index (χ0n) is 14.4. The minimum absolute atomic E-state index is 0.350. The van der Waals surface area contributed by atoms with Crippen LogP contribution in [0.4, 0.5) is 0 Å². The molecule has 0 unspecified atom stereocenters. The number of aromatic nitrogens is 3. The van der Waals surface area contributed by atoms with E-state index in [-0.39, 0.29) is 0 Å². The monoisotopic (exact) mass is 336 g/mol. The Kier molecular flexibility index (Phi) is 5.04. The van der Waals surface area contributed by atoms with Crippen LogP contribution < -0.4 is 0 Å². The summed E-state index contributed by atoms with van der Waals surface area (Å²) in [6, 6.07) is 14.4. The summed E-state index contributed by atoms with van der Waals surface area (Å²) < 4.78 is 8.08. The molecular formula is C20H24N4O. The second kappa shape index (κ2) is 7.76. The SMILES string of the molecule is c1ccc(CN(CCn2cnc3ccccc32)C[C@H]2CCCO2)nc1. The maximum Gasteiger partial charge on any atom is 0.0958 e. The summed E-state index contributed by atoms with van der Waals surface area (Å²) in [5.74, 6) is 0. The van der Waals surface area contributed by atoms with Crippen molar-refractivity contribution in [3.05, 3.63) is 60.7 Å². The number of hydrogen-bond acceptors (Lipinski definition) is 4. The second-order valence-corrected chi connectivity index (χ2v) is 6.62. The van der Waals surface area contributed by atoms with Gasteiger partial charge in [0, 0.05) is 39.0 Å². The number of hydrogen-bond donors (Lipinski definition) is 0. The number of imidazole rings is 1. The van der Waals surface area contributed by atoms with Gasteiger partial charge in [0.25, 0.3) is 0 Å². The average Bonchev–Trinajstić information content (AvgIpc) is 3.30. The fraction of sp³-hybridized carbons (Fsp3) is 0.400. The fourth-order valence-corrected chi connectivity index (χ4v) is 3.47. The molecule has 0 saturated carbocycles. The molecule has 1 aliphatic rings. The molecule has 130 valence electrons. The molecule has 1 atom stereocenters. The molecule has 2 aromatic heterocycles. The molecule has 0 N–H and O–H groups in total. The zero-order valence-corrected chi connectivity index (χ0v) is 14.4. The summed E-state index contributed by atoms with van der Waals surface area (Å²) in [5.41, 5.74) is 3.35. The Labute approximate surface area is 148 Å². The lowest BCUT2D eigenvalue weighted by Gasteiger charge is -2.25. The van der Waals surface area contributed by atoms with Gasteiger partial charge < -0.3 is 9.30 Å². The van der Waals surface area contributed by atoms with Crippen LogP contribution in [0.25, 0.3) is 11.0 Å². The molecule has 0 spiro atoms. The molecule has 0 radical (unpaired) electrons. The quantitative estimate of drug-likeness (QED) is 0.665. The first-order valence-corrected chi connectivity index (χ1v) is 9.02. The highest BCUT2D eigenvalue weighted by molar-refractivity contribution is 5.74. The fourth-order valence-electron chi connectivity index (χ4n) is 3.47. The summed E-state index contributed by atoms with van der Waals surface area (Å²) in [6.07, 6.45) is 6.49. The Hall–Kier alpha value is -2.24. The van der Waals surface area contributed by atoms with Crippen LogP contribution in [0.5, 0.6) is 0 Å². The van der Waals surface area contributed by atoms with Gasteiger partial charge in [-0.2, -0.15) is 0 Å². The van der Waals surface area contributed by atoms with Crippen molar-refractivity contribution in [1.29, 1.82) is 0 Å². The molecule has 3 heterocycles. The van der Waals surface area contributed by atoms with Crippen molar-refractivity contribution in [3.63, 3.8) is 0 Å². The van der Waals surface area contributed by atoms with Crippen molar-refractivity contribution in [2.75, 3.05) is 19.7 Å². The largest absolute Gasteiger partial charge is 0.377 e. The first-order valence-electron chi connectivity index (χ1n) is 9.02. The molecule has 0 bridgehead atoms. The Morgan fingerprint density at radius 2 is 2.04 bits per heavy atom. The van der Waals surface area contributed by atoms with Gasteiger partial charge in [0.2, 0.25) is 0 Å². The van der Waals surface area contributed by atoms with E-state index in [1.165, 1.54) is 11.9 Å². The predicted octanol–water partition coefficient (Wildman–Crippen LogP) is 3.11. The molecular weight excluding hydrogens is 312 g/mol. The molecule has 5 heteroatoms. The normalized spacial score (nSPS) is 17.6. The van der Waals surface area contributed by atoms with Gasteiger partial charge in [-0.25, -0.2) is 4.98 Å². The van der Waals surface area contributed by atoms with Crippen molar-refractivity contribution in [3.8, 4) is 0 Å². The maximum absolute atomic E-state index is 5.85. The molecule has 1 aliphatic heterocycles. The number of fused-ring (bicyclic) bond motifs is 1. The Bertz CT molecular complexity index is 796. The summed E-state index contributed by atoms with van der Waals surface area (Å²) in [6.45, 7) is 4.58. The van der Waals surface area contributed by atoms with Crippen LogP contribution in [0.2, 0.25) is 0 Å². The molecule has 0 aliphatic carbocycles. The van der Waals surface area contributed by atoms with Crippen molar-refractivity contribution < 1.29 is 4.74 Å². The van der Waals surface area contributed by atoms with E-state index in [0.717, 1.165) is 50.4 Å². The highest BCUT2D eigenvalue weighted by Crippen LogP contribution is 2.16. The third-order valence-corrected chi connectivity index (χ3v) is 4.78. The van der Waals surface area contributed by atoms with Crippen molar-refractivity contribution in [1.82, 2.24) is 19.4 Å². The summed E-state index contributed by atoms with van der Waals surface area (Å²) >= 11 is 0. The van der Waals surface area contributed by atoms with Crippen LogP contribution >= 0.6 is 0 Å². The lowest BCUT2D eigenvalue weighted by atomic mass is 10.2. The van der Waals surface area contributed by atoms with E-state index in [0.29, 0.717) is 6.10 Å². The predicted molar refractivity (Wildman–Crippen MR) is 98.2 cm³/mol. The van der Waals surface area contributed by atoms with Crippen molar-refractivity contribution in [2.45, 2.75) is 32.0 Å². The number of para-hydroxylation sites is 2. The first-order chi connectivity index (χ1) is 12.4. The smallest absolute Gasteiger partial charge is 0.0958 e. The van der Waals surface area contributed by atoms with E-state index in [2.05, 4.69) is 49.8 Å². The number of nitrogens with zero attached hydrogens (tertiary/aromatic N) is 4. The molecule has 1 fully saturated rings. The number of rotatable bonds is 7. The average molecular weight is 336 g/mol. The first kappa shape index (κ1) is 16.2. The molecule has 4 rings (SSSR count). The van der Waals surface area contributed by atoms with E-state index < -0.39 is 0 Å². The van der Waals surface area contributed by atoms with Gasteiger partial charge in [-0.3, -0.25) is 9.88 Å². The van der Waals surface area contributed by atoms with Gasteiger partial charge in [0.1, 0.15) is 0 Å². The minimum Gasteiger partial charge on any atom is -0.377 e. The Morgan fingerprint density at radius 1 is 1.12 bits per heavy atom. The Morgan fingerprint density at radius 3 is 2.88 bits per heavy atom. The van der Waals surface area contributed by atoms with Crippen LogP contribution in [-0.4, -0.2) is 45.2 Å². The van der Waals surface area contributed by atoms with E-state index in [1.54, 1.807) is 0 Å². The van der Waals surface area contributed by atoms with Gasteiger partial charge in [-0.15, -0.1) is 0 Å². The maximum atomic E-state index is 5.85. The van der Waals surface area contributed by atoms with Crippen molar-refractivity contribution in [2.24, 2.45) is 0 Å². The van der Waals surface area contributed by atoms with Crippen LogP contribution in [0, 0.1) is 0 Å². The third kappa shape index (κ3) is 4.06. The molecule has 3 aromatic rings. The summed E-state index contributed by atoms with van der Waals surface area (Å²) in [5, 5.41) is 0. The lowest BCUT2D eigenvalue weighted by Crippen LogP contribution is -2.34. The van der Waals surface area contributed by atoms with Gasteiger partial charge in [0.05, 0.1) is 29.2 Å². The Balaban J connectivity index is 1.45. The van der Waals surface area contributed by atoms with Crippen LogP contribution in [0.3, 0.4) is 0 Å². The highest BCUT2D eigenvalue weighted by Gasteiger charge is 2.19. The van der Waals surface area contributed by atoms with Crippen LogP contribution in [0.15, 0.2) is 55.0 Å². The van der Waals surface area contributed by atoms with Crippen molar-refractivity contribution >= 4 is 11.0 Å². The second-order valence-electron chi connectivity index (χ2n) is 6.62. The minimum atomic E-state index is 0.350. The number of benzene rings is 1. The molecule has 1 saturated heterocycles. The van der Waals surface area contributed by atoms with E-state index >= 15 is 0 Å². The van der Waals surface area contributed by atoms with E-state index in [4.69, 9.17) is 4.74 Å². The standard InChI is InChI=1S/C20H24N4O/c1-2-9-20-19(8-1)22-16-24(20)12-11-23(15-18-7-5-13-25-18)14-17-6-3-4-10-21-17/h1-4,6,8-10,16,18H,5,7,11-15H2/t18-/m1/s1.